The van der Waals surface area contributed by atoms with Crippen LogP contribution in [0.1, 0.15) is 11.6 Å². The fourth-order valence-electron chi connectivity index (χ4n) is 2.30. The summed E-state index contributed by atoms with van der Waals surface area (Å²) in [5.74, 6) is -0.285. The fourth-order valence-corrected chi connectivity index (χ4v) is 2.52. The maximum Gasteiger partial charge on any atom is 0.349 e. The second-order valence-electron chi connectivity index (χ2n) is 4.92. The predicted molar refractivity (Wildman–Crippen MR) is 83.0 cm³/mol. The molecule has 126 valence electrons. The van der Waals surface area contributed by atoms with Gasteiger partial charge in [-0.05, 0) is 17.7 Å². The Morgan fingerprint density at radius 3 is 2.83 bits per heavy atom. The highest BCUT2D eigenvalue weighted by Crippen LogP contribution is 2.24. The number of amides is 2. The summed E-state index contributed by atoms with van der Waals surface area (Å²) in [7, 11) is -2.57. The average molecular weight is 344 g/mol. The first-order valence-corrected chi connectivity index (χ1v) is 8.09. The van der Waals surface area contributed by atoms with Crippen LogP contribution in [0.2, 0.25) is 0 Å². The van der Waals surface area contributed by atoms with E-state index in [9.17, 15) is 9.18 Å². The second kappa shape index (κ2) is 8.28. The Morgan fingerprint density at radius 2 is 2.17 bits per heavy atom. The van der Waals surface area contributed by atoms with Gasteiger partial charge in [0, 0.05) is 6.54 Å². The molecule has 0 unspecified atom stereocenters. The molecule has 0 spiro atoms. The Hall–Kier alpha value is -1.64. The maximum absolute atomic E-state index is 13.0. The lowest BCUT2D eigenvalue weighted by Crippen LogP contribution is -2.44. The zero-order valence-corrected chi connectivity index (χ0v) is 13.1. The zero-order chi connectivity index (χ0) is 16.8. The van der Waals surface area contributed by atoms with Crippen molar-refractivity contribution >= 4 is 20.4 Å². The first-order chi connectivity index (χ1) is 11.0. The molecule has 0 bridgehead atoms. The molecule has 8 nitrogen and oxygen atoms in total. The van der Waals surface area contributed by atoms with E-state index in [1.54, 1.807) is 12.1 Å². The van der Waals surface area contributed by atoms with Crippen LogP contribution >= 0.6 is 8.53 Å². The number of hydrogen-bond donors (Lipinski definition) is 4. The number of morpholine rings is 1. The normalized spacial score (nSPS) is 19.8. The number of halogens is 1. The van der Waals surface area contributed by atoms with Crippen LogP contribution in [0.15, 0.2) is 29.3 Å². The van der Waals surface area contributed by atoms with Crippen LogP contribution in [0.3, 0.4) is 0 Å². The van der Waals surface area contributed by atoms with Crippen molar-refractivity contribution in [1.82, 2.24) is 9.99 Å². The van der Waals surface area contributed by atoms with E-state index >= 15 is 0 Å². The minimum atomic E-state index is -2.57. The summed E-state index contributed by atoms with van der Waals surface area (Å²) in [6.07, 6.45) is 0. The topological polar surface area (TPSA) is 120 Å². The standard InChI is InChI=1S/C13H18FN4O4P/c14-10-3-1-9(2-4-10)11-8-22-6-5-18(11)7-12(15)16-13(19)17-23(20)21/h1-4,11,20-21H,5-8H2,(H3,15,16,17,19)/t11-/m1/s1. The molecule has 1 saturated heterocycles. The van der Waals surface area contributed by atoms with E-state index in [0.29, 0.717) is 19.8 Å². The Kier molecular flexibility index (Phi) is 6.37. The molecule has 1 atom stereocenters. The van der Waals surface area contributed by atoms with E-state index < -0.39 is 14.6 Å². The molecule has 10 heteroatoms. The molecule has 5 N–H and O–H groups in total. The van der Waals surface area contributed by atoms with Crippen molar-refractivity contribution < 1.29 is 23.7 Å². The first-order valence-electron chi connectivity index (χ1n) is 6.84. The van der Waals surface area contributed by atoms with Crippen molar-refractivity contribution in [2.75, 3.05) is 26.3 Å². The lowest BCUT2D eigenvalue weighted by molar-refractivity contribution is -0.000681. The van der Waals surface area contributed by atoms with Gasteiger partial charge in [0.1, 0.15) is 11.7 Å². The summed E-state index contributed by atoms with van der Waals surface area (Å²) in [5, 5.41) is 1.84. The monoisotopic (exact) mass is 344 g/mol. The van der Waals surface area contributed by atoms with Crippen molar-refractivity contribution in [2.45, 2.75) is 6.04 Å². The maximum atomic E-state index is 13.0. The van der Waals surface area contributed by atoms with Gasteiger partial charge in [0.05, 0.1) is 25.8 Å². The fraction of sp³-hybridized carbons (Fsp3) is 0.385. The molecular formula is C13H18FN4O4P. The van der Waals surface area contributed by atoms with Gasteiger partial charge in [0.2, 0.25) is 0 Å². The van der Waals surface area contributed by atoms with E-state index in [1.807, 2.05) is 9.99 Å². The number of urea groups is 1. The number of benzene rings is 1. The molecule has 2 amide bonds. The third-order valence-corrected chi connectivity index (χ3v) is 3.69. The van der Waals surface area contributed by atoms with E-state index in [2.05, 4.69) is 4.99 Å². The molecule has 1 aliphatic rings. The zero-order valence-electron chi connectivity index (χ0n) is 12.2. The number of nitrogens with one attached hydrogen (secondary N) is 1. The van der Waals surface area contributed by atoms with Crippen LogP contribution in [-0.2, 0) is 4.74 Å². The molecule has 2 rings (SSSR count). The van der Waals surface area contributed by atoms with Gasteiger partial charge in [-0.3, -0.25) is 9.99 Å². The summed E-state index contributed by atoms with van der Waals surface area (Å²) < 4.78 is 18.5. The van der Waals surface area contributed by atoms with Gasteiger partial charge in [-0.1, -0.05) is 12.1 Å². The second-order valence-corrected chi connectivity index (χ2v) is 5.72. The lowest BCUT2D eigenvalue weighted by Gasteiger charge is -2.35. The predicted octanol–water partition coefficient (Wildman–Crippen LogP) is 0.477. The summed E-state index contributed by atoms with van der Waals surface area (Å²) in [6.45, 7) is 1.71. The van der Waals surface area contributed by atoms with Crippen LogP contribution in [0.25, 0.3) is 0 Å². The SMILES string of the molecule is N/C(CN1CCOC[C@@H]1c1ccc(F)cc1)=N\C(=O)NP(O)O. The number of rotatable bonds is 4. The number of carbonyl (C=O) groups excluding carboxylic acids is 1. The summed E-state index contributed by atoms with van der Waals surface area (Å²) in [6, 6.07) is 5.05. The van der Waals surface area contributed by atoms with Crippen LogP contribution in [0, 0.1) is 5.82 Å². The number of ether oxygens (including phenoxy) is 1. The Balaban J connectivity index is 2.05. The molecule has 1 fully saturated rings. The van der Waals surface area contributed by atoms with Crippen LogP contribution in [0.5, 0.6) is 0 Å². The Bertz CT molecular complexity index is 570. The van der Waals surface area contributed by atoms with Crippen molar-refractivity contribution in [3.8, 4) is 0 Å². The van der Waals surface area contributed by atoms with Gasteiger partial charge in [0.15, 0.2) is 0 Å². The third kappa shape index (κ3) is 5.49. The quantitative estimate of drug-likeness (QED) is 0.358. The first kappa shape index (κ1) is 17.7. The molecule has 1 aromatic carbocycles. The molecular weight excluding hydrogens is 326 g/mol. The molecule has 1 aromatic rings. The highest BCUT2D eigenvalue weighted by molar-refractivity contribution is 7.43. The highest BCUT2D eigenvalue weighted by atomic mass is 31.2. The van der Waals surface area contributed by atoms with Crippen molar-refractivity contribution in [1.29, 1.82) is 0 Å². The van der Waals surface area contributed by atoms with Gasteiger partial charge in [0.25, 0.3) is 8.53 Å². The number of amidine groups is 1. The van der Waals surface area contributed by atoms with Crippen molar-refractivity contribution in [2.24, 2.45) is 10.7 Å². The van der Waals surface area contributed by atoms with Gasteiger partial charge in [-0.15, -0.1) is 0 Å². The van der Waals surface area contributed by atoms with E-state index in [1.165, 1.54) is 12.1 Å². The lowest BCUT2D eigenvalue weighted by atomic mass is 10.0. The molecule has 0 radical (unpaired) electrons. The van der Waals surface area contributed by atoms with E-state index in [0.717, 1.165) is 5.56 Å². The minimum absolute atomic E-state index is 0.0355. The summed E-state index contributed by atoms with van der Waals surface area (Å²) >= 11 is 0. The van der Waals surface area contributed by atoms with Gasteiger partial charge >= 0.3 is 6.03 Å². The number of nitrogens with two attached hydrogens (primary N) is 1. The smallest absolute Gasteiger partial charge is 0.349 e. The van der Waals surface area contributed by atoms with Crippen LogP contribution in [-0.4, -0.2) is 52.9 Å². The van der Waals surface area contributed by atoms with Gasteiger partial charge in [-0.25, -0.2) is 9.18 Å². The van der Waals surface area contributed by atoms with Crippen LogP contribution in [0.4, 0.5) is 9.18 Å². The molecule has 1 heterocycles. The van der Waals surface area contributed by atoms with Gasteiger partial charge < -0.3 is 20.3 Å². The van der Waals surface area contributed by atoms with Crippen LogP contribution < -0.4 is 10.8 Å². The number of carbonyl (C=O) groups is 1. The molecule has 0 aliphatic carbocycles. The van der Waals surface area contributed by atoms with E-state index in [-0.39, 0.29) is 24.2 Å². The Morgan fingerprint density at radius 1 is 1.48 bits per heavy atom. The number of aliphatic imine (C=N–C) groups is 1. The largest absolute Gasteiger partial charge is 0.386 e. The molecule has 0 aromatic heterocycles. The summed E-state index contributed by atoms with van der Waals surface area (Å²) in [5.41, 5.74) is 6.61. The third-order valence-electron chi connectivity index (χ3n) is 3.30. The molecule has 0 saturated carbocycles. The number of hydrogen-bond acceptors (Lipinski definition) is 5. The van der Waals surface area contributed by atoms with Gasteiger partial charge in [-0.2, -0.15) is 4.99 Å². The molecule has 1 aliphatic heterocycles. The average Bonchev–Trinajstić information content (AvgIpc) is 2.47. The Labute approximate surface area is 133 Å². The molecule has 23 heavy (non-hydrogen) atoms. The van der Waals surface area contributed by atoms with Crippen molar-refractivity contribution in [3.05, 3.63) is 35.6 Å². The highest BCUT2D eigenvalue weighted by Gasteiger charge is 2.25. The summed E-state index contributed by atoms with van der Waals surface area (Å²) in [4.78, 5) is 34.2. The van der Waals surface area contributed by atoms with Crippen molar-refractivity contribution in [3.63, 3.8) is 0 Å². The minimum Gasteiger partial charge on any atom is -0.386 e. The van der Waals surface area contributed by atoms with E-state index in [4.69, 9.17) is 20.3 Å². The number of nitrogens with zero attached hydrogens (tertiary/aromatic N) is 2.